The van der Waals surface area contributed by atoms with E-state index in [4.69, 9.17) is 27.9 Å². The number of rotatable bonds is 4. The molecule has 1 aliphatic carbocycles. The topological polar surface area (TPSA) is 63.7 Å². The van der Waals surface area contributed by atoms with E-state index >= 15 is 0 Å². The van der Waals surface area contributed by atoms with Crippen LogP contribution in [0.3, 0.4) is 0 Å². The van der Waals surface area contributed by atoms with Gasteiger partial charge in [0, 0.05) is 21.5 Å². The Morgan fingerprint density at radius 1 is 1.03 bits per heavy atom. The van der Waals surface area contributed by atoms with E-state index in [0.29, 0.717) is 26.9 Å². The van der Waals surface area contributed by atoms with Crippen molar-refractivity contribution in [2.75, 3.05) is 11.5 Å². The van der Waals surface area contributed by atoms with E-state index in [1.807, 2.05) is 0 Å². The number of amides is 2. The van der Waals surface area contributed by atoms with Crippen LogP contribution in [-0.2, 0) is 19.1 Å². The van der Waals surface area contributed by atoms with Crippen LogP contribution in [0.2, 0.25) is 10.0 Å². The molecule has 2 aromatic rings. The Kier molecular flexibility index (Phi) is 5.19. The predicted octanol–water partition coefficient (Wildman–Crippen LogP) is 4.39. The molecular weight excluding hydrogens is 413 g/mol. The van der Waals surface area contributed by atoms with Crippen molar-refractivity contribution >= 4 is 46.7 Å². The maximum atomic E-state index is 13.3. The summed E-state index contributed by atoms with van der Waals surface area (Å²) in [4.78, 5) is 40.2. The quantitative estimate of drug-likeness (QED) is 0.534. The van der Waals surface area contributed by atoms with Gasteiger partial charge in [-0.05, 0) is 48.9 Å². The van der Waals surface area contributed by atoms with E-state index in [0.717, 1.165) is 0 Å². The number of imide groups is 1. The fourth-order valence-corrected chi connectivity index (χ4v) is 4.40. The van der Waals surface area contributed by atoms with Gasteiger partial charge in [-0.1, -0.05) is 41.4 Å². The highest BCUT2D eigenvalue weighted by Gasteiger charge is 2.56. The molecule has 3 atom stereocenters. The van der Waals surface area contributed by atoms with Crippen LogP contribution in [0.4, 0.5) is 5.69 Å². The summed E-state index contributed by atoms with van der Waals surface area (Å²) in [6, 6.07) is 13.5. The molecule has 0 saturated carbocycles. The van der Waals surface area contributed by atoms with Gasteiger partial charge >= 0.3 is 5.97 Å². The Labute approximate surface area is 177 Å². The van der Waals surface area contributed by atoms with Crippen molar-refractivity contribution in [3.8, 4) is 0 Å². The van der Waals surface area contributed by atoms with Gasteiger partial charge < -0.3 is 4.74 Å². The van der Waals surface area contributed by atoms with Gasteiger partial charge in [0.25, 0.3) is 0 Å². The number of fused-ring (bicyclic) bond motifs is 1. The highest BCUT2D eigenvalue weighted by Crippen LogP contribution is 2.50. The molecule has 1 saturated heterocycles. The number of esters is 1. The summed E-state index contributed by atoms with van der Waals surface area (Å²) >= 11 is 12.1. The summed E-state index contributed by atoms with van der Waals surface area (Å²) in [5.41, 5.74) is 1.47. The van der Waals surface area contributed by atoms with Crippen LogP contribution < -0.4 is 4.90 Å². The Balaban J connectivity index is 1.79. The first-order valence-electron chi connectivity index (χ1n) is 9.20. The summed E-state index contributed by atoms with van der Waals surface area (Å²) in [6.45, 7) is 1.91. The average molecular weight is 430 g/mol. The molecule has 4 rings (SSSR count). The average Bonchev–Trinajstić information content (AvgIpc) is 3.20. The van der Waals surface area contributed by atoms with Gasteiger partial charge in [-0.25, -0.2) is 9.69 Å². The molecular formula is C22H17Cl2NO4. The van der Waals surface area contributed by atoms with E-state index in [9.17, 15) is 14.4 Å². The Morgan fingerprint density at radius 3 is 2.41 bits per heavy atom. The van der Waals surface area contributed by atoms with Crippen LogP contribution in [0, 0.1) is 11.8 Å². The molecule has 2 amide bonds. The number of anilines is 1. The zero-order chi connectivity index (χ0) is 20.7. The maximum absolute atomic E-state index is 13.3. The molecule has 0 bridgehead atoms. The second-order valence-electron chi connectivity index (χ2n) is 6.92. The lowest BCUT2D eigenvalue weighted by Gasteiger charge is -2.22. The van der Waals surface area contributed by atoms with Crippen molar-refractivity contribution in [1.82, 2.24) is 0 Å². The molecule has 0 aromatic heterocycles. The molecule has 1 fully saturated rings. The molecule has 0 radical (unpaired) electrons. The second-order valence-corrected chi connectivity index (χ2v) is 7.79. The van der Waals surface area contributed by atoms with Gasteiger partial charge in [0.05, 0.1) is 24.1 Å². The minimum absolute atomic E-state index is 0.201. The van der Waals surface area contributed by atoms with E-state index in [1.54, 1.807) is 61.5 Å². The van der Waals surface area contributed by atoms with Crippen molar-refractivity contribution in [3.05, 3.63) is 75.8 Å². The van der Waals surface area contributed by atoms with E-state index < -0.39 is 23.7 Å². The standard InChI is InChI=1S/C22H17Cl2NO4/c1-2-29-22(28)17-11-16-19(18(17)12-4-3-5-14(24)10-12)21(27)25(20(16)26)15-8-6-13(23)7-9-15/h3-11,16,18-19H,2H2,1H3/t16-,18-,19-/m0/s1. The first kappa shape index (κ1) is 19.7. The van der Waals surface area contributed by atoms with E-state index in [-0.39, 0.29) is 18.4 Å². The zero-order valence-corrected chi connectivity index (χ0v) is 17.0. The lowest BCUT2D eigenvalue weighted by Crippen LogP contribution is -2.33. The van der Waals surface area contributed by atoms with Crippen LogP contribution in [0.25, 0.3) is 0 Å². The van der Waals surface area contributed by atoms with Crippen molar-refractivity contribution in [2.45, 2.75) is 12.8 Å². The number of hydrogen-bond donors (Lipinski definition) is 0. The van der Waals surface area contributed by atoms with Crippen molar-refractivity contribution in [1.29, 1.82) is 0 Å². The first-order valence-corrected chi connectivity index (χ1v) is 9.95. The lowest BCUT2D eigenvalue weighted by atomic mass is 9.82. The minimum atomic E-state index is -0.735. The molecule has 1 aliphatic heterocycles. The third kappa shape index (κ3) is 3.34. The summed E-state index contributed by atoms with van der Waals surface area (Å²) in [6.07, 6.45) is 1.57. The smallest absolute Gasteiger partial charge is 0.334 e. The largest absolute Gasteiger partial charge is 0.463 e. The number of halogens is 2. The molecule has 0 spiro atoms. The predicted molar refractivity (Wildman–Crippen MR) is 110 cm³/mol. The Bertz CT molecular complexity index is 1030. The normalized spacial score (nSPS) is 23.2. The number of carbonyl (C=O) groups is 3. The van der Waals surface area contributed by atoms with Gasteiger partial charge in [0.15, 0.2) is 0 Å². The molecule has 29 heavy (non-hydrogen) atoms. The van der Waals surface area contributed by atoms with Crippen molar-refractivity contribution in [2.24, 2.45) is 11.8 Å². The second kappa shape index (κ2) is 7.65. The number of benzene rings is 2. The SMILES string of the molecule is CCOC(=O)C1=C[C@@H]2C(=O)N(c3ccc(Cl)cc3)C(=O)[C@@H]2[C@H]1c1cccc(Cl)c1. The number of hydrogen-bond acceptors (Lipinski definition) is 4. The lowest BCUT2D eigenvalue weighted by molar-refractivity contribution is -0.138. The van der Waals surface area contributed by atoms with Gasteiger partial charge in [-0.2, -0.15) is 0 Å². The molecule has 2 aliphatic rings. The summed E-state index contributed by atoms with van der Waals surface area (Å²) in [5.74, 6) is -3.31. The number of nitrogens with zero attached hydrogens (tertiary/aromatic N) is 1. The molecule has 0 unspecified atom stereocenters. The van der Waals surface area contributed by atoms with Crippen molar-refractivity contribution < 1.29 is 19.1 Å². The fraction of sp³-hybridized carbons (Fsp3) is 0.227. The van der Waals surface area contributed by atoms with Crippen LogP contribution in [0.1, 0.15) is 18.4 Å². The van der Waals surface area contributed by atoms with Crippen LogP contribution >= 0.6 is 23.2 Å². The number of ether oxygens (including phenoxy) is 1. The first-order chi connectivity index (χ1) is 13.9. The van der Waals surface area contributed by atoms with Crippen LogP contribution in [0.5, 0.6) is 0 Å². The Morgan fingerprint density at radius 2 is 1.76 bits per heavy atom. The Hall–Kier alpha value is -2.63. The number of carbonyl (C=O) groups excluding carboxylic acids is 3. The fourth-order valence-electron chi connectivity index (χ4n) is 4.07. The molecule has 7 heteroatoms. The summed E-state index contributed by atoms with van der Waals surface area (Å²) in [5, 5.41) is 0.995. The molecule has 1 heterocycles. The minimum Gasteiger partial charge on any atom is -0.463 e. The third-order valence-corrected chi connectivity index (χ3v) is 5.74. The molecule has 148 valence electrons. The summed E-state index contributed by atoms with van der Waals surface area (Å²) in [7, 11) is 0. The molecule has 5 nitrogen and oxygen atoms in total. The van der Waals surface area contributed by atoms with Crippen molar-refractivity contribution in [3.63, 3.8) is 0 Å². The molecule has 0 N–H and O–H groups in total. The molecule has 2 aromatic carbocycles. The maximum Gasteiger partial charge on any atom is 0.334 e. The summed E-state index contributed by atoms with van der Waals surface area (Å²) < 4.78 is 5.18. The van der Waals surface area contributed by atoms with E-state index in [1.165, 1.54) is 4.90 Å². The van der Waals surface area contributed by atoms with Gasteiger partial charge in [0.1, 0.15) is 0 Å². The van der Waals surface area contributed by atoms with Crippen LogP contribution in [0.15, 0.2) is 60.2 Å². The van der Waals surface area contributed by atoms with Gasteiger partial charge in [-0.3, -0.25) is 9.59 Å². The highest BCUT2D eigenvalue weighted by atomic mass is 35.5. The van der Waals surface area contributed by atoms with Gasteiger partial charge in [0.2, 0.25) is 11.8 Å². The van der Waals surface area contributed by atoms with Gasteiger partial charge in [-0.15, -0.1) is 0 Å². The third-order valence-electron chi connectivity index (χ3n) is 5.26. The highest BCUT2D eigenvalue weighted by molar-refractivity contribution is 6.31. The zero-order valence-electron chi connectivity index (χ0n) is 15.5. The van der Waals surface area contributed by atoms with E-state index in [2.05, 4.69) is 0 Å². The monoisotopic (exact) mass is 429 g/mol. The van der Waals surface area contributed by atoms with Crippen LogP contribution in [-0.4, -0.2) is 24.4 Å².